The number of carbonyl (C=O) groups excluding carboxylic acids is 1. The van der Waals surface area contributed by atoms with Crippen molar-refractivity contribution in [2.45, 2.75) is 6.04 Å². The molecule has 1 amide bonds. The average molecular weight is 404 g/mol. The molecule has 0 aliphatic carbocycles. The summed E-state index contributed by atoms with van der Waals surface area (Å²) in [5.41, 5.74) is 0.616. The monoisotopic (exact) mass is 404 g/mol. The lowest BCUT2D eigenvalue weighted by atomic mass is 10.1. The summed E-state index contributed by atoms with van der Waals surface area (Å²) in [4.78, 5) is 24.6. The van der Waals surface area contributed by atoms with E-state index in [1.165, 1.54) is 22.2 Å². The maximum atomic E-state index is 12.1. The van der Waals surface area contributed by atoms with Crippen molar-refractivity contribution in [3.05, 3.63) is 31.8 Å². The largest absolute Gasteiger partial charge is 0.476 e. The zero-order chi connectivity index (χ0) is 14.3. The Kier molecular flexibility index (Phi) is 3.46. The number of hydrogen-bond donors (Lipinski definition) is 1. The Labute approximate surface area is 131 Å². The van der Waals surface area contributed by atoms with Gasteiger partial charge in [0.2, 0.25) is 0 Å². The van der Waals surface area contributed by atoms with E-state index in [9.17, 15) is 9.59 Å². The van der Waals surface area contributed by atoms with E-state index in [2.05, 4.69) is 32.9 Å². The lowest BCUT2D eigenvalue weighted by Gasteiger charge is -2.38. The molecular formula is C11H9IN4O3S. The fraction of sp³-hybridized carbons (Fsp3) is 0.273. The molecule has 2 aromatic rings. The molecule has 3 heterocycles. The van der Waals surface area contributed by atoms with E-state index >= 15 is 0 Å². The van der Waals surface area contributed by atoms with Gasteiger partial charge >= 0.3 is 5.97 Å². The third-order valence-electron chi connectivity index (χ3n) is 3.07. The summed E-state index contributed by atoms with van der Waals surface area (Å²) in [6.45, 7) is 1.04. The summed E-state index contributed by atoms with van der Waals surface area (Å²) in [5, 5.41) is 18.0. The van der Waals surface area contributed by atoms with Gasteiger partial charge in [-0.05, 0) is 28.7 Å². The van der Waals surface area contributed by atoms with Crippen molar-refractivity contribution >= 4 is 45.8 Å². The van der Waals surface area contributed by atoms with Crippen molar-refractivity contribution in [2.75, 3.05) is 13.1 Å². The van der Waals surface area contributed by atoms with Gasteiger partial charge in [0.15, 0.2) is 5.69 Å². The standard InChI is InChI=1S/C11H9IN4O3S/c12-9-1-6(5-20-9)10(17)15-2-7(3-15)16-4-8(11(18)19)13-14-16/h1,4-5,7H,2-3H2,(H,18,19). The summed E-state index contributed by atoms with van der Waals surface area (Å²) < 4.78 is 2.58. The number of aromatic nitrogens is 3. The molecule has 0 bridgehead atoms. The highest BCUT2D eigenvalue weighted by Gasteiger charge is 2.33. The van der Waals surface area contributed by atoms with Gasteiger partial charge in [-0.3, -0.25) is 4.79 Å². The summed E-state index contributed by atoms with van der Waals surface area (Å²) in [7, 11) is 0. The number of likely N-dealkylation sites (tertiary alicyclic amines) is 1. The molecule has 1 N–H and O–H groups in total. The van der Waals surface area contributed by atoms with Crippen molar-refractivity contribution in [1.82, 2.24) is 19.9 Å². The zero-order valence-electron chi connectivity index (χ0n) is 10.1. The molecule has 104 valence electrons. The van der Waals surface area contributed by atoms with Crippen LogP contribution in [-0.2, 0) is 0 Å². The van der Waals surface area contributed by atoms with Crippen molar-refractivity contribution in [3.8, 4) is 0 Å². The average Bonchev–Trinajstić information content (AvgIpc) is 2.96. The molecule has 9 heteroatoms. The van der Waals surface area contributed by atoms with Crippen molar-refractivity contribution in [2.24, 2.45) is 0 Å². The van der Waals surface area contributed by atoms with Crippen LogP contribution in [0.5, 0.6) is 0 Å². The number of aromatic carboxylic acids is 1. The van der Waals surface area contributed by atoms with Gasteiger partial charge < -0.3 is 10.0 Å². The van der Waals surface area contributed by atoms with Crippen molar-refractivity contribution in [3.63, 3.8) is 0 Å². The quantitative estimate of drug-likeness (QED) is 0.781. The Morgan fingerprint density at radius 3 is 2.75 bits per heavy atom. The number of rotatable bonds is 3. The SMILES string of the molecule is O=C(O)c1cn(C2CN(C(=O)c3csc(I)c3)C2)nn1. The molecule has 20 heavy (non-hydrogen) atoms. The highest BCUT2D eigenvalue weighted by atomic mass is 127. The number of hydrogen-bond acceptors (Lipinski definition) is 5. The molecule has 1 aliphatic heterocycles. The first-order valence-corrected chi connectivity index (χ1v) is 7.69. The van der Waals surface area contributed by atoms with Crippen LogP contribution in [0.25, 0.3) is 0 Å². The smallest absolute Gasteiger partial charge is 0.358 e. The number of carbonyl (C=O) groups is 2. The zero-order valence-corrected chi connectivity index (χ0v) is 13.0. The topological polar surface area (TPSA) is 88.3 Å². The van der Waals surface area contributed by atoms with Crippen LogP contribution in [0.15, 0.2) is 17.6 Å². The highest BCUT2D eigenvalue weighted by Crippen LogP contribution is 2.25. The Hall–Kier alpha value is -1.49. The van der Waals surface area contributed by atoms with E-state index in [0.717, 1.165) is 2.88 Å². The second-order valence-corrected chi connectivity index (χ2v) is 7.20. The molecule has 0 radical (unpaired) electrons. The summed E-state index contributed by atoms with van der Waals surface area (Å²) in [6.07, 6.45) is 1.39. The van der Waals surface area contributed by atoms with Gasteiger partial charge in [0, 0.05) is 18.5 Å². The number of amides is 1. The Morgan fingerprint density at radius 2 is 2.20 bits per heavy atom. The first-order valence-electron chi connectivity index (χ1n) is 5.73. The molecule has 3 rings (SSSR count). The van der Waals surface area contributed by atoms with Gasteiger partial charge in [-0.15, -0.1) is 16.4 Å². The van der Waals surface area contributed by atoms with Gasteiger partial charge in [-0.25, -0.2) is 9.48 Å². The van der Waals surface area contributed by atoms with Crippen LogP contribution in [0.3, 0.4) is 0 Å². The summed E-state index contributed by atoms with van der Waals surface area (Å²) in [6, 6.07) is 1.86. The fourth-order valence-corrected chi connectivity index (χ4v) is 3.27. The third-order valence-corrected chi connectivity index (χ3v) is 4.86. The Balaban J connectivity index is 1.63. The van der Waals surface area contributed by atoms with Gasteiger partial charge in [0.25, 0.3) is 5.91 Å². The molecule has 1 saturated heterocycles. The lowest BCUT2D eigenvalue weighted by molar-refractivity contribution is 0.0498. The first-order chi connectivity index (χ1) is 9.54. The van der Waals surface area contributed by atoms with Crippen LogP contribution in [0.2, 0.25) is 0 Å². The van der Waals surface area contributed by atoms with Crippen LogP contribution < -0.4 is 0 Å². The van der Waals surface area contributed by atoms with E-state index < -0.39 is 5.97 Å². The maximum absolute atomic E-state index is 12.1. The van der Waals surface area contributed by atoms with E-state index in [1.807, 2.05) is 11.4 Å². The van der Waals surface area contributed by atoms with Gasteiger partial charge in [0.1, 0.15) is 0 Å². The molecule has 1 aliphatic rings. The summed E-state index contributed by atoms with van der Waals surface area (Å²) >= 11 is 3.71. The minimum absolute atomic E-state index is 0.000936. The normalized spacial score (nSPS) is 15.2. The van der Waals surface area contributed by atoms with Crippen molar-refractivity contribution in [1.29, 1.82) is 0 Å². The van der Waals surface area contributed by atoms with E-state index in [1.54, 1.807) is 4.90 Å². The molecule has 0 saturated carbocycles. The highest BCUT2D eigenvalue weighted by molar-refractivity contribution is 14.1. The molecule has 0 unspecified atom stereocenters. The van der Waals surface area contributed by atoms with Crippen LogP contribution in [0, 0.1) is 2.88 Å². The molecule has 0 atom stereocenters. The molecular weight excluding hydrogens is 395 g/mol. The van der Waals surface area contributed by atoms with E-state index in [0.29, 0.717) is 18.7 Å². The lowest BCUT2D eigenvalue weighted by Crippen LogP contribution is -2.50. The second-order valence-electron chi connectivity index (χ2n) is 4.39. The predicted octanol–water partition coefficient (Wildman–Crippen LogP) is 1.34. The van der Waals surface area contributed by atoms with Crippen molar-refractivity contribution < 1.29 is 14.7 Å². The Morgan fingerprint density at radius 1 is 1.45 bits per heavy atom. The van der Waals surface area contributed by atoms with Crippen LogP contribution in [-0.4, -0.2) is 50.0 Å². The third kappa shape index (κ3) is 2.42. The Bertz CT molecular complexity index is 677. The fourth-order valence-electron chi connectivity index (χ4n) is 1.95. The molecule has 0 spiro atoms. The predicted molar refractivity (Wildman–Crippen MR) is 79.0 cm³/mol. The molecule has 0 aromatic carbocycles. The molecule has 7 nitrogen and oxygen atoms in total. The number of thiophene rings is 1. The van der Waals surface area contributed by atoms with Gasteiger partial charge in [-0.1, -0.05) is 5.21 Å². The van der Waals surface area contributed by atoms with E-state index in [4.69, 9.17) is 5.11 Å². The molecule has 2 aromatic heterocycles. The van der Waals surface area contributed by atoms with E-state index in [-0.39, 0.29) is 17.6 Å². The van der Waals surface area contributed by atoms with Crippen LogP contribution in [0.4, 0.5) is 0 Å². The number of halogens is 1. The number of nitrogens with zero attached hydrogens (tertiary/aromatic N) is 4. The van der Waals surface area contributed by atoms with Gasteiger partial charge in [-0.2, -0.15) is 0 Å². The minimum Gasteiger partial charge on any atom is -0.476 e. The molecule has 1 fully saturated rings. The van der Waals surface area contributed by atoms with Crippen LogP contribution in [0.1, 0.15) is 26.9 Å². The van der Waals surface area contributed by atoms with Crippen LogP contribution >= 0.6 is 33.9 Å². The van der Waals surface area contributed by atoms with Gasteiger partial charge in [0.05, 0.1) is 20.7 Å². The second kappa shape index (κ2) is 5.13. The number of carboxylic acid groups (broad SMARTS) is 1. The maximum Gasteiger partial charge on any atom is 0.358 e. The summed E-state index contributed by atoms with van der Waals surface area (Å²) in [5.74, 6) is -1.10. The minimum atomic E-state index is -1.10. The first kappa shape index (κ1) is 13.5. The number of carboxylic acids is 1.